The molecular formula is C31H34ClN8O4+. The summed E-state index contributed by atoms with van der Waals surface area (Å²) in [5.74, 6) is 1.39. The summed E-state index contributed by atoms with van der Waals surface area (Å²) in [5, 5.41) is 17.6. The molecule has 0 aliphatic heterocycles. The van der Waals surface area contributed by atoms with Crippen LogP contribution in [-0.4, -0.2) is 55.0 Å². The summed E-state index contributed by atoms with van der Waals surface area (Å²) >= 11 is 6.48. The highest BCUT2D eigenvalue weighted by Gasteiger charge is 2.36. The zero-order chi connectivity index (χ0) is 30.8. The molecule has 44 heavy (non-hydrogen) atoms. The van der Waals surface area contributed by atoms with Crippen LogP contribution in [0.4, 0.5) is 5.95 Å². The number of imidazole rings is 1. The Hall–Kier alpha value is -4.55. The molecule has 0 aromatic carbocycles. The molecule has 0 bridgehead atoms. The molecule has 2 aliphatic carbocycles. The molecule has 4 aromatic rings. The molecular weight excluding hydrogens is 584 g/mol. The lowest BCUT2D eigenvalue weighted by Gasteiger charge is -2.26. The zero-order valence-corrected chi connectivity index (χ0v) is 25.1. The number of nitrogens with zero attached hydrogens (tertiary/aromatic N) is 6. The van der Waals surface area contributed by atoms with Crippen molar-refractivity contribution < 1.29 is 18.9 Å². The van der Waals surface area contributed by atoms with Gasteiger partial charge in [-0.3, -0.25) is 14.8 Å². The summed E-state index contributed by atoms with van der Waals surface area (Å²) in [6, 6.07) is 1.43. The highest BCUT2D eigenvalue weighted by atomic mass is 35.5. The molecule has 228 valence electrons. The topological polar surface area (TPSA) is 148 Å². The van der Waals surface area contributed by atoms with Crippen molar-refractivity contribution in [2.45, 2.75) is 38.3 Å². The molecule has 0 amide bonds. The van der Waals surface area contributed by atoms with Gasteiger partial charge in [0.1, 0.15) is 11.7 Å². The van der Waals surface area contributed by atoms with Crippen molar-refractivity contribution in [2.75, 3.05) is 25.6 Å². The number of methoxy groups -OCH3 is 1. The molecule has 1 unspecified atom stereocenters. The summed E-state index contributed by atoms with van der Waals surface area (Å²) < 4.78 is 14.7. The lowest BCUT2D eigenvalue weighted by atomic mass is 9.82. The first kappa shape index (κ1) is 29.5. The number of hydrogen-bond donors (Lipinski definition) is 3. The minimum atomic E-state index is -0.730. The summed E-state index contributed by atoms with van der Waals surface area (Å²) in [7, 11) is 1.53. The van der Waals surface area contributed by atoms with E-state index in [0.717, 1.165) is 37.2 Å². The first-order chi connectivity index (χ1) is 21.4. The number of hydrogen-bond acceptors (Lipinski definition) is 9. The van der Waals surface area contributed by atoms with Crippen LogP contribution in [-0.2, 0) is 6.54 Å². The van der Waals surface area contributed by atoms with E-state index in [-0.39, 0.29) is 24.3 Å². The van der Waals surface area contributed by atoms with Gasteiger partial charge in [0.15, 0.2) is 5.52 Å². The second-order valence-corrected chi connectivity index (χ2v) is 11.4. The van der Waals surface area contributed by atoms with Crippen LogP contribution in [0.1, 0.15) is 31.7 Å². The van der Waals surface area contributed by atoms with Crippen LogP contribution in [0.3, 0.4) is 0 Å². The summed E-state index contributed by atoms with van der Waals surface area (Å²) in [6.07, 6.45) is 15.6. The van der Waals surface area contributed by atoms with Gasteiger partial charge in [0.25, 0.3) is 11.5 Å². The third-order valence-corrected chi connectivity index (χ3v) is 8.41. The summed E-state index contributed by atoms with van der Waals surface area (Å²) in [4.78, 5) is 28.8. The van der Waals surface area contributed by atoms with E-state index in [4.69, 9.17) is 30.8 Å². The molecule has 4 heterocycles. The van der Waals surface area contributed by atoms with Crippen molar-refractivity contribution in [3.63, 3.8) is 0 Å². The van der Waals surface area contributed by atoms with Crippen LogP contribution in [0.25, 0.3) is 34.1 Å². The molecule has 3 N–H and O–H groups in total. The Morgan fingerprint density at radius 3 is 2.80 bits per heavy atom. The highest BCUT2D eigenvalue weighted by molar-refractivity contribution is 6.30. The van der Waals surface area contributed by atoms with Gasteiger partial charge in [0, 0.05) is 6.20 Å². The number of halogens is 1. The van der Waals surface area contributed by atoms with Gasteiger partial charge in [0.05, 0.1) is 37.4 Å². The van der Waals surface area contributed by atoms with Crippen LogP contribution in [0.15, 0.2) is 70.7 Å². The molecule has 6 rings (SSSR count). The van der Waals surface area contributed by atoms with Crippen LogP contribution in [0, 0.1) is 11.8 Å². The number of aliphatic hydroxyl groups excluding tert-OH is 1. The zero-order valence-electron chi connectivity index (χ0n) is 24.4. The van der Waals surface area contributed by atoms with Crippen molar-refractivity contribution in [3.8, 4) is 28.8 Å². The van der Waals surface area contributed by atoms with E-state index in [0.29, 0.717) is 58.2 Å². The van der Waals surface area contributed by atoms with E-state index in [1.807, 2.05) is 28.9 Å². The molecule has 2 aliphatic rings. The first-order valence-corrected chi connectivity index (χ1v) is 14.9. The predicted molar refractivity (Wildman–Crippen MR) is 166 cm³/mol. The number of allylic oxidation sites excluding steroid dienone is 6. The normalized spacial score (nSPS) is 19.9. The van der Waals surface area contributed by atoms with Crippen LogP contribution >= 0.6 is 11.6 Å². The highest BCUT2D eigenvalue weighted by Crippen LogP contribution is 2.39. The average molecular weight is 618 g/mol. The molecule has 1 fully saturated rings. The van der Waals surface area contributed by atoms with E-state index in [9.17, 15) is 9.90 Å². The van der Waals surface area contributed by atoms with E-state index in [1.54, 1.807) is 6.07 Å². The third kappa shape index (κ3) is 5.58. The first-order valence-electron chi connectivity index (χ1n) is 14.5. The number of ether oxygens (including phenoxy) is 1. The van der Waals surface area contributed by atoms with Crippen molar-refractivity contribution in [1.29, 1.82) is 0 Å². The standard InChI is InChI=1S/C31H33ClN8O4/c1-4-19-9-11-20(12-10-19)17-39-25-24(22-15-21(32)16-34-29(22)43-3)35-26(27-37-31(42)44-38-27)36-28(25)40(30(39)33-13-14-41)23-8-6-5-7-18(23)2/h4-8,15-16,19-20,23,41H,1-2,9-14,17H2,3H3,(H,37,38,42)/p+1. The molecule has 0 spiro atoms. The fourth-order valence-corrected chi connectivity index (χ4v) is 6.21. The maximum Gasteiger partial charge on any atom is 0.439 e. The van der Waals surface area contributed by atoms with Gasteiger partial charge in [-0.2, -0.15) is 0 Å². The monoisotopic (exact) mass is 617 g/mol. The van der Waals surface area contributed by atoms with E-state index in [1.165, 1.54) is 13.3 Å². The number of nitrogens with one attached hydrogen (secondary N) is 2. The Morgan fingerprint density at radius 1 is 1.30 bits per heavy atom. The number of aromatic nitrogens is 7. The molecule has 12 nitrogen and oxygen atoms in total. The van der Waals surface area contributed by atoms with Gasteiger partial charge in [-0.1, -0.05) is 47.6 Å². The predicted octanol–water partition coefficient (Wildman–Crippen LogP) is 4.41. The van der Waals surface area contributed by atoms with Gasteiger partial charge >= 0.3 is 11.7 Å². The van der Waals surface area contributed by atoms with Crippen molar-refractivity contribution in [3.05, 3.63) is 76.9 Å². The molecule has 1 saturated carbocycles. The fourth-order valence-electron chi connectivity index (χ4n) is 6.05. The minimum absolute atomic E-state index is 0.0666. The molecule has 13 heteroatoms. The minimum Gasteiger partial charge on any atom is -0.481 e. The Kier molecular flexibility index (Phi) is 8.45. The van der Waals surface area contributed by atoms with Gasteiger partial charge < -0.3 is 9.84 Å². The lowest BCUT2D eigenvalue weighted by molar-refractivity contribution is -0.666. The van der Waals surface area contributed by atoms with Crippen LogP contribution in [0.2, 0.25) is 5.02 Å². The van der Waals surface area contributed by atoms with Gasteiger partial charge in [0.2, 0.25) is 11.7 Å². The number of rotatable bonds is 10. The molecule has 1 atom stereocenters. The van der Waals surface area contributed by atoms with Gasteiger partial charge in [-0.15, -0.1) is 11.6 Å². The van der Waals surface area contributed by atoms with Gasteiger partial charge in [-0.05, 0) is 55.2 Å². The quantitative estimate of drug-likeness (QED) is 0.174. The Labute approximate surface area is 258 Å². The van der Waals surface area contributed by atoms with Gasteiger partial charge in [-0.25, -0.2) is 23.9 Å². The average Bonchev–Trinajstić information content (AvgIpc) is 3.61. The maximum atomic E-state index is 12.0. The van der Waals surface area contributed by atoms with Crippen molar-refractivity contribution >= 4 is 28.7 Å². The number of H-pyrrole nitrogens is 1. The number of fused-ring (bicyclic) bond motifs is 1. The smallest absolute Gasteiger partial charge is 0.439 e. The number of aliphatic hydroxyl groups is 1. The van der Waals surface area contributed by atoms with E-state index >= 15 is 0 Å². The Morgan fingerprint density at radius 2 is 2.11 bits per heavy atom. The van der Waals surface area contributed by atoms with Crippen molar-refractivity contribution in [2.24, 2.45) is 11.8 Å². The second kappa shape index (κ2) is 12.6. The van der Waals surface area contributed by atoms with E-state index < -0.39 is 5.76 Å². The second-order valence-electron chi connectivity index (χ2n) is 11.0. The molecule has 0 radical (unpaired) electrons. The number of pyridine rings is 1. The Bertz CT molecular complexity index is 1830. The lowest BCUT2D eigenvalue weighted by Crippen LogP contribution is -2.43. The SMILES string of the molecule is C=CC1CCC(Cn2c(NCCO)[n+](C3C=CC=CC3=C)c3nc(-c4noc(=O)[nH]4)nc(-c4cc(Cl)cnc4OC)c32)CC1. The number of anilines is 1. The molecule has 4 aromatic heterocycles. The largest absolute Gasteiger partial charge is 0.481 e. The molecule has 0 saturated heterocycles. The third-order valence-electron chi connectivity index (χ3n) is 8.20. The van der Waals surface area contributed by atoms with Crippen LogP contribution < -0.4 is 20.4 Å². The summed E-state index contributed by atoms with van der Waals surface area (Å²) in [6.45, 7) is 9.21. The van der Waals surface area contributed by atoms with Crippen molar-refractivity contribution in [1.82, 2.24) is 29.7 Å². The number of aromatic amines is 1. The summed E-state index contributed by atoms with van der Waals surface area (Å²) in [5.41, 5.74) is 3.10. The van der Waals surface area contributed by atoms with Crippen LogP contribution in [0.5, 0.6) is 5.88 Å². The van der Waals surface area contributed by atoms with E-state index in [2.05, 4.69) is 44.2 Å². The maximum absolute atomic E-state index is 12.0. The Balaban J connectivity index is 1.69. The fraction of sp³-hybridized carbons (Fsp3) is 0.355.